The Balaban J connectivity index is 1.80. The van der Waals surface area contributed by atoms with Crippen LogP contribution in [0, 0.1) is 17.0 Å². The number of nitrogens with two attached hydrogens (primary N) is 1. The number of aryl methyl sites for hydroxylation is 1. The fourth-order valence-corrected chi connectivity index (χ4v) is 3.41. The van der Waals surface area contributed by atoms with E-state index in [0.29, 0.717) is 16.1 Å². The highest BCUT2D eigenvalue weighted by Gasteiger charge is 2.22. The minimum Gasteiger partial charge on any atom is -0.493 e. The molecule has 0 radical (unpaired) electrons. The zero-order chi connectivity index (χ0) is 22.4. The molecule has 0 spiro atoms. The number of nitro benzene ring substituents is 1. The van der Waals surface area contributed by atoms with Crippen LogP contribution in [0.25, 0.3) is 0 Å². The van der Waals surface area contributed by atoms with Gasteiger partial charge in [-0.2, -0.15) is 5.10 Å². The number of benzene rings is 2. The van der Waals surface area contributed by atoms with E-state index in [9.17, 15) is 14.9 Å². The average molecular weight is 441 g/mol. The highest BCUT2D eigenvalue weighted by Crippen LogP contribution is 2.38. The van der Waals surface area contributed by atoms with E-state index in [1.807, 2.05) is 30.3 Å². The van der Waals surface area contributed by atoms with Crippen molar-refractivity contribution >= 4 is 34.3 Å². The van der Waals surface area contributed by atoms with Crippen molar-refractivity contribution in [1.29, 1.82) is 0 Å². The van der Waals surface area contributed by atoms with Gasteiger partial charge in [-0.3, -0.25) is 14.9 Å². The number of nitrogens with one attached hydrogen (secondary N) is 1. The number of aromatic nitrogens is 1. The van der Waals surface area contributed by atoms with Crippen LogP contribution in [-0.2, 0) is 6.61 Å². The molecule has 0 saturated heterocycles. The molecule has 0 aliphatic heterocycles. The molecule has 0 aliphatic rings. The molecule has 160 valence electrons. The van der Waals surface area contributed by atoms with Crippen LogP contribution in [0.4, 0.5) is 10.8 Å². The summed E-state index contributed by atoms with van der Waals surface area (Å²) in [5.74, 6) is -0.301. The van der Waals surface area contributed by atoms with E-state index in [2.05, 4.69) is 15.5 Å². The summed E-state index contributed by atoms with van der Waals surface area (Å²) in [5.41, 5.74) is 9.35. The lowest BCUT2D eigenvalue weighted by atomic mass is 10.1. The molecule has 1 amide bonds. The first-order chi connectivity index (χ1) is 14.9. The van der Waals surface area contributed by atoms with Crippen molar-refractivity contribution in [2.45, 2.75) is 13.5 Å². The Morgan fingerprint density at radius 2 is 2.10 bits per heavy atom. The summed E-state index contributed by atoms with van der Waals surface area (Å²) in [4.78, 5) is 27.5. The third-order valence-electron chi connectivity index (χ3n) is 4.10. The predicted molar refractivity (Wildman–Crippen MR) is 117 cm³/mol. The van der Waals surface area contributed by atoms with Crippen molar-refractivity contribution in [3.05, 3.63) is 74.3 Å². The molecule has 3 rings (SSSR count). The first-order valence-corrected chi connectivity index (χ1v) is 9.80. The van der Waals surface area contributed by atoms with Crippen LogP contribution in [0.5, 0.6) is 11.5 Å². The lowest BCUT2D eigenvalue weighted by molar-refractivity contribution is -0.386. The van der Waals surface area contributed by atoms with Gasteiger partial charge >= 0.3 is 5.69 Å². The van der Waals surface area contributed by atoms with Crippen LogP contribution in [0.2, 0.25) is 0 Å². The van der Waals surface area contributed by atoms with Crippen LogP contribution in [0.1, 0.15) is 26.5 Å². The summed E-state index contributed by atoms with van der Waals surface area (Å²) in [6.07, 6.45) is 1.27. The molecule has 1 aromatic heterocycles. The standard InChI is InChI=1S/C20H19N5O5S/c1-12-18(31-20(21)23-12)19(26)24-22-10-14-8-15(25(27)28)17(16(9-14)29-2)30-11-13-6-4-3-5-7-13/h3-10H,11H2,1-2H3,(H2,21,23)(H,24,26)/b22-10-. The molecule has 31 heavy (non-hydrogen) atoms. The molecule has 1 heterocycles. The molecule has 0 atom stereocenters. The molecule has 3 aromatic rings. The summed E-state index contributed by atoms with van der Waals surface area (Å²) in [6, 6.07) is 12.1. The number of amides is 1. The van der Waals surface area contributed by atoms with Gasteiger partial charge in [-0.25, -0.2) is 10.4 Å². The Bertz CT molecular complexity index is 1130. The first kappa shape index (κ1) is 21.7. The van der Waals surface area contributed by atoms with E-state index in [1.165, 1.54) is 25.5 Å². The van der Waals surface area contributed by atoms with Gasteiger partial charge in [0, 0.05) is 11.6 Å². The van der Waals surface area contributed by atoms with Crippen molar-refractivity contribution in [3.8, 4) is 11.5 Å². The number of hydrogen-bond acceptors (Lipinski definition) is 9. The van der Waals surface area contributed by atoms with Gasteiger partial charge < -0.3 is 15.2 Å². The largest absolute Gasteiger partial charge is 0.493 e. The van der Waals surface area contributed by atoms with E-state index < -0.39 is 10.8 Å². The van der Waals surface area contributed by atoms with Crippen molar-refractivity contribution < 1.29 is 19.2 Å². The number of nitro groups is 1. The number of hydrogen-bond donors (Lipinski definition) is 2. The zero-order valence-electron chi connectivity index (χ0n) is 16.7. The second-order valence-electron chi connectivity index (χ2n) is 6.27. The fraction of sp³-hybridized carbons (Fsp3) is 0.150. The SMILES string of the molecule is COc1cc(/C=N\NC(=O)c2sc(N)nc2C)cc([N+](=O)[O-])c1OCc1ccccc1. The van der Waals surface area contributed by atoms with Gasteiger partial charge in [0.05, 0.1) is 23.9 Å². The number of rotatable bonds is 8. The molecule has 0 unspecified atom stereocenters. The third kappa shape index (κ3) is 5.34. The van der Waals surface area contributed by atoms with Crippen molar-refractivity contribution in [2.24, 2.45) is 5.10 Å². The monoisotopic (exact) mass is 441 g/mol. The topological polar surface area (TPSA) is 142 Å². The maximum Gasteiger partial charge on any atom is 0.315 e. The first-order valence-electron chi connectivity index (χ1n) is 8.98. The number of carbonyl (C=O) groups is 1. The predicted octanol–water partition coefficient (Wildman–Crippen LogP) is 3.29. The number of hydrazone groups is 1. The van der Waals surface area contributed by atoms with Crippen LogP contribution in [0.3, 0.4) is 0 Å². The van der Waals surface area contributed by atoms with Gasteiger partial charge in [0.2, 0.25) is 5.75 Å². The van der Waals surface area contributed by atoms with Crippen LogP contribution in [-0.4, -0.2) is 29.1 Å². The molecule has 11 heteroatoms. The number of nitrogens with zero attached hydrogens (tertiary/aromatic N) is 3. The summed E-state index contributed by atoms with van der Waals surface area (Å²) in [5, 5.41) is 15.7. The van der Waals surface area contributed by atoms with E-state index in [-0.39, 0.29) is 28.9 Å². The maximum absolute atomic E-state index is 12.2. The Morgan fingerprint density at radius 1 is 1.35 bits per heavy atom. The molecule has 0 aliphatic carbocycles. The van der Waals surface area contributed by atoms with Gasteiger partial charge in [-0.05, 0) is 18.6 Å². The maximum atomic E-state index is 12.2. The molecule has 0 bridgehead atoms. The number of methoxy groups -OCH3 is 1. The summed E-state index contributed by atoms with van der Waals surface area (Å²) in [7, 11) is 1.38. The number of thiazole rings is 1. The molecule has 2 aromatic carbocycles. The summed E-state index contributed by atoms with van der Waals surface area (Å²) < 4.78 is 11.0. The normalized spacial score (nSPS) is 10.8. The van der Waals surface area contributed by atoms with Gasteiger partial charge in [-0.1, -0.05) is 41.7 Å². The quantitative estimate of drug-likeness (QED) is 0.310. The minimum absolute atomic E-state index is 0.00768. The Hall–Kier alpha value is -3.99. The lowest BCUT2D eigenvalue weighted by Crippen LogP contribution is -2.17. The van der Waals surface area contributed by atoms with Crippen LogP contribution >= 0.6 is 11.3 Å². The fourth-order valence-electron chi connectivity index (χ4n) is 2.69. The van der Waals surface area contributed by atoms with Crippen molar-refractivity contribution in [1.82, 2.24) is 10.4 Å². The molecule has 0 saturated carbocycles. The third-order valence-corrected chi connectivity index (χ3v) is 5.08. The van der Waals surface area contributed by atoms with E-state index >= 15 is 0 Å². The van der Waals surface area contributed by atoms with Gasteiger partial charge in [0.25, 0.3) is 5.91 Å². The van der Waals surface area contributed by atoms with E-state index in [4.69, 9.17) is 15.2 Å². The second-order valence-corrected chi connectivity index (χ2v) is 7.30. The highest BCUT2D eigenvalue weighted by molar-refractivity contribution is 7.17. The molecular weight excluding hydrogens is 422 g/mol. The number of nitrogen functional groups attached to an aromatic ring is 1. The summed E-state index contributed by atoms with van der Waals surface area (Å²) >= 11 is 1.04. The second kappa shape index (κ2) is 9.67. The Kier molecular flexibility index (Phi) is 6.78. The lowest BCUT2D eigenvalue weighted by Gasteiger charge is -2.12. The summed E-state index contributed by atoms with van der Waals surface area (Å²) in [6.45, 7) is 1.80. The van der Waals surface area contributed by atoms with Gasteiger partial charge in [-0.15, -0.1) is 0 Å². The number of carbonyl (C=O) groups excluding carboxylic acids is 1. The Labute approximate surface area is 181 Å². The average Bonchev–Trinajstić information content (AvgIpc) is 3.10. The van der Waals surface area contributed by atoms with Gasteiger partial charge in [0.15, 0.2) is 10.9 Å². The number of anilines is 1. The number of ether oxygens (including phenoxy) is 2. The van der Waals surface area contributed by atoms with Crippen molar-refractivity contribution in [3.63, 3.8) is 0 Å². The smallest absolute Gasteiger partial charge is 0.315 e. The Morgan fingerprint density at radius 3 is 2.71 bits per heavy atom. The molecule has 3 N–H and O–H groups in total. The van der Waals surface area contributed by atoms with Gasteiger partial charge in [0.1, 0.15) is 11.5 Å². The molecular formula is C20H19N5O5S. The van der Waals surface area contributed by atoms with E-state index in [0.717, 1.165) is 16.9 Å². The zero-order valence-corrected chi connectivity index (χ0v) is 17.5. The van der Waals surface area contributed by atoms with E-state index in [1.54, 1.807) is 6.92 Å². The van der Waals surface area contributed by atoms with Crippen LogP contribution < -0.4 is 20.6 Å². The highest BCUT2D eigenvalue weighted by atomic mass is 32.1. The molecule has 10 nitrogen and oxygen atoms in total. The van der Waals surface area contributed by atoms with Crippen molar-refractivity contribution in [2.75, 3.05) is 12.8 Å². The minimum atomic E-state index is -0.567. The van der Waals surface area contributed by atoms with Crippen LogP contribution in [0.15, 0.2) is 47.6 Å². The molecule has 0 fully saturated rings.